The highest BCUT2D eigenvalue weighted by atomic mass is 19.4. The molecular weight excluding hydrogens is 445 g/mol. The topological polar surface area (TPSA) is 96.0 Å². The molecular formula is C24H15F3N6O. The number of hydrazone groups is 1. The van der Waals surface area contributed by atoms with E-state index in [4.69, 9.17) is 5.26 Å². The van der Waals surface area contributed by atoms with Crippen LogP contribution in [0.25, 0.3) is 16.9 Å². The van der Waals surface area contributed by atoms with E-state index in [9.17, 15) is 18.0 Å². The number of nitrogens with one attached hydrogen (secondary N) is 1. The Bertz CT molecular complexity index is 1390. The normalized spacial score (nSPS) is 11.4. The second-order valence-electron chi connectivity index (χ2n) is 7.05. The third-order valence-corrected chi connectivity index (χ3v) is 4.74. The maximum absolute atomic E-state index is 13.2. The highest BCUT2D eigenvalue weighted by molar-refractivity contribution is 5.95. The SMILES string of the molecule is N#Cc1ccc(/C=N/NC(=O)c2cc(-c3cccnc3)nn2-c2cccc(C(F)(F)F)c2)cc1. The Balaban J connectivity index is 1.67. The summed E-state index contributed by atoms with van der Waals surface area (Å²) in [5.74, 6) is -0.676. The highest BCUT2D eigenvalue weighted by Gasteiger charge is 2.31. The molecule has 0 saturated heterocycles. The van der Waals surface area contributed by atoms with Crippen LogP contribution in [0.2, 0.25) is 0 Å². The van der Waals surface area contributed by atoms with Gasteiger partial charge in [-0.1, -0.05) is 18.2 Å². The lowest BCUT2D eigenvalue weighted by atomic mass is 10.2. The molecule has 34 heavy (non-hydrogen) atoms. The Morgan fingerprint density at radius 3 is 2.56 bits per heavy atom. The molecule has 0 aliphatic rings. The molecule has 0 spiro atoms. The Hall–Kier alpha value is -4.78. The molecule has 1 amide bonds. The molecule has 4 aromatic rings. The molecule has 0 radical (unpaired) electrons. The smallest absolute Gasteiger partial charge is 0.266 e. The van der Waals surface area contributed by atoms with Crippen LogP contribution in [0, 0.1) is 11.3 Å². The van der Waals surface area contributed by atoms with E-state index in [0.717, 1.165) is 16.8 Å². The van der Waals surface area contributed by atoms with Crippen molar-refractivity contribution in [1.29, 1.82) is 5.26 Å². The Morgan fingerprint density at radius 2 is 1.88 bits per heavy atom. The van der Waals surface area contributed by atoms with E-state index >= 15 is 0 Å². The van der Waals surface area contributed by atoms with Crippen molar-refractivity contribution in [3.63, 3.8) is 0 Å². The summed E-state index contributed by atoms with van der Waals surface area (Å²) in [6.45, 7) is 0. The fraction of sp³-hybridized carbons (Fsp3) is 0.0417. The van der Waals surface area contributed by atoms with Crippen LogP contribution in [0.1, 0.15) is 27.2 Å². The van der Waals surface area contributed by atoms with Gasteiger partial charge < -0.3 is 0 Å². The molecule has 0 unspecified atom stereocenters. The van der Waals surface area contributed by atoms with Crippen molar-refractivity contribution in [3.8, 4) is 23.0 Å². The first-order chi connectivity index (χ1) is 16.3. The van der Waals surface area contributed by atoms with Gasteiger partial charge in [0.25, 0.3) is 5.91 Å². The number of alkyl halides is 3. The van der Waals surface area contributed by atoms with Gasteiger partial charge in [0.15, 0.2) is 0 Å². The van der Waals surface area contributed by atoms with Crippen molar-refractivity contribution in [2.75, 3.05) is 0 Å². The zero-order valence-electron chi connectivity index (χ0n) is 17.4. The average molecular weight is 460 g/mol. The number of nitriles is 1. The molecule has 2 heterocycles. The zero-order valence-corrected chi connectivity index (χ0v) is 17.4. The van der Waals surface area contributed by atoms with E-state index in [-0.39, 0.29) is 11.4 Å². The zero-order chi connectivity index (χ0) is 24.1. The number of benzene rings is 2. The number of halogens is 3. The minimum Gasteiger partial charge on any atom is -0.266 e. The lowest BCUT2D eigenvalue weighted by molar-refractivity contribution is -0.137. The Labute approximate surface area is 191 Å². The second-order valence-corrected chi connectivity index (χ2v) is 7.05. The van der Waals surface area contributed by atoms with Gasteiger partial charge in [0.05, 0.1) is 34.8 Å². The van der Waals surface area contributed by atoms with Crippen LogP contribution in [0.4, 0.5) is 13.2 Å². The van der Waals surface area contributed by atoms with Crippen LogP contribution in [-0.2, 0) is 6.18 Å². The summed E-state index contributed by atoms with van der Waals surface area (Å²) in [6.07, 6.45) is -0.0719. The lowest BCUT2D eigenvalue weighted by Gasteiger charge is -2.10. The maximum Gasteiger partial charge on any atom is 0.416 e. The fourth-order valence-electron chi connectivity index (χ4n) is 3.08. The number of hydrogen-bond acceptors (Lipinski definition) is 5. The van der Waals surface area contributed by atoms with Gasteiger partial charge in [-0.2, -0.15) is 28.6 Å². The third kappa shape index (κ3) is 4.99. The molecule has 2 aromatic heterocycles. The van der Waals surface area contributed by atoms with Gasteiger partial charge in [-0.05, 0) is 54.1 Å². The van der Waals surface area contributed by atoms with Crippen molar-refractivity contribution >= 4 is 12.1 Å². The van der Waals surface area contributed by atoms with Gasteiger partial charge in [0.1, 0.15) is 5.69 Å². The minimum absolute atomic E-state index is 0.0184. The van der Waals surface area contributed by atoms with Gasteiger partial charge in [0.2, 0.25) is 0 Å². The number of carbonyl (C=O) groups is 1. The number of amides is 1. The number of carbonyl (C=O) groups excluding carboxylic acids is 1. The molecule has 0 aliphatic heterocycles. The molecule has 4 rings (SSSR count). The van der Waals surface area contributed by atoms with E-state index in [1.165, 1.54) is 30.6 Å². The standard InChI is InChI=1S/C24H15F3N6O/c25-24(26,27)19-4-1-5-20(11-19)33-22(12-21(32-33)18-3-2-10-29-15-18)23(34)31-30-14-17-8-6-16(13-28)7-9-17/h1-12,14-15H,(H,31,34)/b30-14+. The first-order valence-corrected chi connectivity index (χ1v) is 9.87. The predicted octanol–water partition coefficient (Wildman–Crippen LogP) is 4.59. The van der Waals surface area contributed by atoms with E-state index in [2.05, 4.69) is 20.6 Å². The monoisotopic (exact) mass is 460 g/mol. The summed E-state index contributed by atoms with van der Waals surface area (Å²) in [5.41, 5.74) is 3.60. The van der Waals surface area contributed by atoms with Crippen molar-refractivity contribution in [3.05, 3.63) is 102 Å². The van der Waals surface area contributed by atoms with Gasteiger partial charge in [-0.15, -0.1) is 0 Å². The molecule has 1 N–H and O–H groups in total. The van der Waals surface area contributed by atoms with Crippen LogP contribution >= 0.6 is 0 Å². The second kappa shape index (κ2) is 9.38. The molecule has 0 aliphatic carbocycles. The predicted molar refractivity (Wildman–Crippen MR) is 118 cm³/mol. The quantitative estimate of drug-likeness (QED) is 0.348. The van der Waals surface area contributed by atoms with Crippen LogP contribution in [-0.4, -0.2) is 26.9 Å². The largest absolute Gasteiger partial charge is 0.416 e. The number of aromatic nitrogens is 3. The van der Waals surface area contributed by atoms with Gasteiger partial charge >= 0.3 is 6.18 Å². The average Bonchev–Trinajstić information content (AvgIpc) is 3.30. The molecule has 0 fully saturated rings. The van der Waals surface area contributed by atoms with Gasteiger partial charge in [0, 0.05) is 18.0 Å². The van der Waals surface area contributed by atoms with Crippen LogP contribution in [0.3, 0.4) is 0 Å². The van der Waals surface area contributed by atoms with E-state index in [1.54, 1.807) is 42.6 Å². The fourth-order valence-corrected chi connectivity index (χ4v) is 3.08. The molecule has 0 bridgehead atoms. The third-order valence-electron chi connectivity index (χ3n) is 4.74. The first kappa shape index (κ1) is 22.4. The van der Waals surface area contributed by atoms with Crippen molar-refractivity contribution in [2.24, 2.45) is 5.10 Å². The Morgan fingerprint density at radius 1 is 1.09 bits per heavy atom. The van der Waals surface area contributed by atoms with Gasteiger partial charge in [-0.25, -0.2) is 10.1 Å². The number of pyridine rings is 1. The lowest BCUT2D eigenvalue weighted by Crippen LogP contribution is -2.21. The number of rotatable bonds is 5. The van der Waals surface area contributed by atoms with E-state index in [1.807, 2.05) is 6.07 Å². The summed E-state index contributed by atoms with van der Waals surface area (Å²) in [6, 6.07) is 17.9. The molecule has 0 saturated carbocycles. The van der Waals surface area contributed by atoms with Crippen molar-refractivity contribution in [1.82, 2.24) is 20.2 Å². The van der Waals surface area contributed by atoms with E-state index < -0.39 is 17.6 Å². The Kier molecular flexibility index (Phi) is 6.18. The van der Waals surface area contributed by atoms with E-state index in [0.29, 0.717) is 22.4 Å². The van der Waals surface area contributed by atoms with Crippen molar-refractivity contribution in [2.45, 2.75) is 6.18 Å². The highest BCUT2D eigenvalue weighted by Crippen LogP contribution is 2.31. The first-order valence-electron chi connectivity index (χ1n) is 9.87. The number of nitrogens with zero attached hydrogens (tertiary/aromatic N) is 5. The van der Waals surface area contributed by atoms with Crippen LogP contribution in [0.5, 0.6) is 0 Å². The molecule has 7 nitrogen and oxygen atoms in total. The number of hydrogen-bond donors (Lipinski definition) is 1. The molecule has 2 aromatic carbocycles. The summed E-state index contributed by atoms with van der Waals surface area (Å²) < 4.78 is 40.8. The molecule has 168 valence electrons. The maximum atomic E-state index is 13.2. The van der Waals surface area contributed by atoms with Gasteiger partial charge in [-0.3, -0.25) is 9.78 Å². The molecule has 0 atom stereocenters. The summed E-state index contributed by atoms with van der Waals surface area (Å²) in [5, 5.41) is 17.1. The molecule has 10 heteroatoms. The van der Waals surface area contributed by atoms with Crippen LogP contribution < -0.4 is 5.43 Å². The summed E-state index contributed by atoms with van der Waals surface area (Å²) >= 11 is 0. The minimum atomic E-state index is -4.55. The summed E-state index contributed by atoms with van der Waals surface area (Å²) in [4.78, 5) is 16.9. The van der Waals surface area contributed by atoms with Crippen molar-refractivity contribution < 1.29 is 18.0 Å². The van der Waals surface area contributed by atoms with Crippen LogP contribution in [0.15, 0.2) is 84.2 Å². The summed E-state index contributed by atoms with van der Waals surface area (Å²) in [7, 11) is 0.